The zero-order valence-electron chi connectivity index (χ0n) is 13.5. The lowest BCUT2D eigenvalue weighted by Gasteiger charge is -2.47. The van der Waals surface area contributed by atoms with Gasteiger partial charge in [-0.2, -0.15) is 0 Å². The van der Waals surface area contributed by atoms with Gasteiger partial charge in [0, 0.05) is 49.4 Å². The van der Waals surface area contributed by atoms with Crippen LogP contribution < -0.4 is 4.74 Å². The molecule has 1 amide bonds. The summed E-state index contributed by atoms with van der Waals surface area (Å²) in [5.41, 5.74) is 1.59. The molecule has 0 saturated carbocycles. The van der Waals surface area contributed by atoms with Crippen LogP contribution in [-0.2, 0) is 0 Å². The van der Waals surface area contributed by atoms with Crippen LogP contribution in [0.4, 0.5) is 0 Å². The Morgan fingerprint density at radius 3 is 2.88 bits per heavy atom. The third-order valence-electron chi connectivity index (χ3n) is 4.50. The summed E-state index contributed by atoms with van der Waals surface area (Å²) in [7, 11) is 0. The number of thioether (sulfide) groups is 1. The molecule has 0 radical (unpaired) electrons. The van der Waals surface area contributed by atoms with E-state index in [2.05, 4.69) is 9.97 Å². The number of aryl methyl sites for hydroxylation is 1. The molecule has 0 bridgehead atoms. The summed E-state index contributed by atoms with van der Waals surface area (Å²) in [5, 5.41) is 0. The van der Waals surface area contributed by atoms with Crippen molar-refractivity contribution in [2.75, 3.05) is 18.8 Å². The molecule has 24 heavy (non-hydrogen) atoms. The normalized spacial score (nSPS) is 21.5. The molecular formula is C18H19N3O2S. The second kappa shape index (κ2) is 6.09. The zero-order chi connectivity index (χ0) is 16.6. The van der Waals surface area contributed by atoms with Crippen molar-refractivity contribution in [2.24, 2.45) is 0 Å². The first-order valence-electron chi connectivity index (χ1n) is 8.07. The standard InChI is InChI=1S/C18H19N3O2S/c1-13-5-6-14(9-20-13)17(22)21-11-18(12-21)8-15(10-24-18)23-16-4-2-3-7-19-16/h2-7,9,15H,8,10-12H2,1H3/t15-/m1/s1. The molecule has 2 aromatic rings. The minimum Gasteiger partial charge on any atom is -0.473 e. The number of hydrogen-bond acceptors (Lipinski definition) is 5. The van der Waals surface area contributed by atoms with Gasteiger partial charge >= 0.3 is 0 Å². The molecule has 0 aromatic carbocycles. The lowest BCUT2D eigenvalue weighted by molar-refractivity contribution is 0.0515. The van der Waals surface area contributed by atoms with Gasteiger partial charge in [-0.15, -0.1) is 11.8 Å². The van der Waals surface area contributed by atoms with Gasteiger partial charge in [-0.25, -0.2) is 4.98 Å². The van der Waals surface area contributed by atoms with E-state index >= 15 is 0 Å². The summed E-state index contributed by atoms with van der Waals surface area (Å²) < 4.78 is 6.10. The van der Waals surface area contributed by atoms with Crippen LogP contribution in [0.25, 0.3) is 0 Å². The van der Waals surface area contributed by atoms with E-state index in [1.54, 1.807) is 12.4 Å². The molecular weight excluding hydrogens is 322 g/mol. The Morgan fingerprint density at radius 2 is 2.17 bits per heavy atom. The van der Waals surface area contributed by atoms with E-state index in [1.807, 2.05) is 53.9 Å². The smallest absolute Gasteiger partial charge is 0.255 e. The fourth-order valence-corrected chi connectivity index (χ4v) is 4.78. The molecule has 0 unspecified atom stereocenters. The van der Waals surface area contributed by atoms with E-state index in [1.165, 1.54) is 0 Å². The monoisotopic (exact) mass is 341 g/mol. The Bertz CT molecular complexity index is 730. The predicted molar refractivity (Wildman–Crippen MR) is 93.3 cm³/mol. The van der Waals surface area contributed by atoms with Crippen LogP contribution >= 0.6 is 11.8 Å². The van der Waals surface area contributed by atoms with Crippen LogP contribution in [-0.4, -0.2) is 50.5 Å². The van der Waals surface area contributed by atoms with Crippen molar-refractivity contribution < 1.29 is 9.53 Å². The Labute approximate surface area is 145 Å². The van der Waals surface area contributed by atoms with Crippen LogP contribution in [0.2, 0.25) is 0 Å². The van der Waals surface area contributed by atoms with Crippen LogP contribution in [0, 0.1) is 6.92 Å². The van der Waals surface area contributed by atoms with Crippen molar-refractivity contribution in [3.05, 3.63) is 54.0 Å². The number of hydrogen-bond donors (Lipinski definition) is 0. The first-order chi connectivity index (χ1) is 11.6. The average molecular weight is 341 g/mol. The molecule has 2 fully saturated rings. The number of aromatic nitrogens is 2. The molecule has 2 saturated heterocycles. The fraction of sp³-hybridized carbons (Fsp3) is 0.389. The van der Waals surface area contributed by atoms with E-state index in [0.29, 0.717) is 11.4 Å². The molecule has 2 aliphatic rings. The van der Waals surface area contributed by atoms with E-state index in [-0.39, 0.29) is 16.8 Å². The number of ether oxygens (including phenoxy) is 1. The summed E-state index contributed by atoms with van der Waals surface area (Å²) in [6.45, 7) is 3.49. The van der Waals surface area contributed by atoms with Crippen LogP contribution in [0.3, 0.4) is 0 Å². The quantitative estimate of drug-likeness (QED) is 0.859. The average Bonchev–Trinajstić information content (AvgIpc) is 2.99. The molecule has 4 rings (SSSR count). The summed E-state index contributed by atoms with van der Waals surface area (Å²) in [5.74, 6) is 1.70. The first kappa shape index (κ1) is 15.4. The predicted octanol–water partition coefficient (Wildman–Crippen LogP) is 2.56. The van der Waals surface area contributed by atoms with E-state index in [9.17, 15) is 4.79 Å². The highest BCUT2D eigenvalue weighted by Crippen LogP contribution is 2.46. The molecule has 0 N–H and O–H groups in total. The molecule has 1 atom stereocenters. The van der Waals surface area contributed by atoms with Gasteiger partial charge in [0.05, 0.1) is 10.3 Å². The summed E-state index contributed by atoms with van der Waals surface area (Å²) in [6.07, 6.45) is 4.54. The van der Waals surface area contributed by atoms with Gasteiger partial charge in [-0.1, -0.05) is 6.07 Å². The van der Waals surface area contributed by atoms with Crippen LogP contribution in [0.1, 0.15) is 22.5 Å². The molecule has 124 valence electrons. The molecule has 2 aliphatic heterocycles. The summed E-state index contributed by atoms with van der Waals surface area (Å²) in [4.78, 5) is 22.8. The van der Waals surface area contributed by atoms with Gasteiger partial charge in [-0.05, 0) is 25.1 Å². The van der Waals surface area contributed by atoms with Gasteiger partial charge < -0.3 is 9.64 Å². The van der Waals surface area contributed by atoms with Crippen molar-refractivity contribution in [2.45, 2.75) is 24.2 Å². The number of carbonyl (C=O) groups excluding carboxylic acids is 1. The minimum absolute atomic E-state index is 0.0721. The molecule has 1 spiro atoms. The van der Waals surface area contributed by atoms with Crippen molar-refractivity contribution in [1.82, 2.24) is 14.9 Å². The summed E-state index contributed by atoms with van der Waals surface area (Å²) in [6, 6.07) is 9.43. The van der Waals surface area contributed by atoms with Gasteiger partial charge in [0.2, 0.25) is 5.88 Å². The highest BCUT2D eigenvalue weighted by atomic mass is 32.2. The number of likely N-dealkylation sites (tertiary alicyclic amines) is 1. The number of nitrogens with zero attached hydrogens (tertiary/aromatic N) is 3. The lowest BCUT2D eigenvalue weighted by Crippen LogP contribution is -2.60. The van der Waals surface area contributed by atoms with Crippen molar-refractivity contribution in [3.8, 4) is 5.88 Å². The molecule has 6 heteroatoms. The molecule has 5 nitrogen and oxygen atoms in total. The number of rotatable bonds is 3. The topological polar surface area (TPSA) is 55.3 Å². The fourth-order valence-electron chi connectivity index (χ4n) is 3.26. The van der Waals surface area contributed by atoms with E-state index in [4.69, 9.17) is 4.74 Å². The first-order valence-corrected chi connectivity index (χ1v) is 9.06. The number of amides is 1. The van der Waals surface area contributed by atoms with E-state index in [0.717, 1.165) is 31.0 Å². The highest BCUT2D eigenvalue weighted by Gasteiger charge is 2.51. The van der Waals surface area contributed by atoms with Crippen molar-refractivity contribution in [1.29, 1.82) is 0 Å². The van der Waals surface area contributed by atoms with Crippen LogP contribution in [0.5, 0.6) is 5.88 Å². The maximum absolute atomic E-state index is 12.5. The highest BCUT2D eigenvalue weighted by molar-refractivity contribution is 8.01. The molecule has 2 aromatic heterocycles. The van der Waals surface area contributed by atoms with Crippen molar-refractivity contribution in [3.63, 3.8) is 0 Å². The van der Waals surface area contributed by atoms with Gasteiger partial charge in [0.1, 0.15) is 6.10 Å². The Morgan fingerprint density at radius 1 is 1.29 bits per heavy atom. The third-order valence-corrected chi connectivity index (χ3v) is 6.08. The largest absolute Gasteiger partial charge is 0.473 e. The van der Waals surface area contributed by atoms with E-state index < -0.39 is 0 Å². The summed E-state index contributed by atoms with van der Waals surface area (Å²) >= 11 is 1.92. The second-order valence-electron chi connectivity index (χ2n) is 6.46. The Balaban J connectivity index is 1.33. The maximum atomic E-state index is 12.5. The van der Waals surface area contributed by atoms with Gasteiger partial charge in [0.15, 0.2) is 0 Å². The number of carbonyl (C=O) groups is 1. The third kappa shape index (κ3) is 2.98. The van der Waals surface area contributed by atoms with Gasteiger partial charge in [-0.3, -0.25) is 9.78 Å². The SMILES string of the molecule is Cc1ccc(C(=O)N2CC3(C[C@@H](Oc4ccccn4)CS3)C2)cn1. The van der Waals surface area contributed by atoms with Crippen LogP contribution in [0.15, 0.2) is 42.7 Å². The zero-order valence-corrected chi connectivity index (χ0v) is 14.3. The number of pyridine rings is 2. The van der Waals surface area contributed by atoms with Crippen molar-refractivity contribution >= 4 is 17.7 Å². The molecule has 0 aliphatic carbocycles. The second-order valence-corrected chi connectivity index (χ2v) is 7.94. The van der Waals surface area contributed by atoms with Gasteiger partial charge in [0.25, 0.3) is 5.91 Å². The lowest BCUT2D eigenvalue weighted by atomic mass is 9.92. The Hall–Kier alpha value is -2.08. The minimum atomic E-state index is 0.0721. The maximum Gasteiger partial charge on any atom is 0.255 e. The Kier molecular flexibility index (Phi) is 3.92. The molecule has 4 heterocycles.